The molecule has 0 fully saturated rings. The molecule has 0 radical (unpaired) electrons. The summed E-state index contributed by atoms with van der Waals surface area (Å²) in [6.07, 6.45) is 0.627. The molecule has 0 saturated heterocycles. The molecule has 0 aliphatic heterocycles. The van der Waals surface area contributed by atoms with E-state index in [0.717, 1.165) is 11.3 Å². The van der Waals surface area contributed by atoms with Gasteiger partial charge in [-0.3, -0.25) is 4.79 Å². The molecule has 1 aromatic carbocycles. The molecular weight excluding hydrogens is 234 g/mol. The van der Waals surface area contributed by atoms with Crippen molar-refractivity contribution in [3.63, 3.8) is 0 Å². The highest BCUT2D eigenvalue weighted by Crippen LogP contribution is 2.12. The minimum absolute atomic E-state index is 0.197. The zero-order valence-electron chi connectivity index (χ0n) is 10.6. The van der Waals surface area contributed by atoms with Crippen molar-refractivity contribution >= 4 is 11.9 Å². The average molecular weight is 251 g/mol. The van der Waals surface area contributed by atoms with E-state index in [-0.39, 0.29) is 6.61 Å². The highest BCUT2D eigenvalue weighted by molar-refractivity contribution is 6.32. The summed E-state index contributed by atoms with van der Waals surface area (Å²) in [5.74, 6) is -0.785. The number of carbonyl (C=O) groups excluding carboxylic acids is 2. The van der Waals surface area contributed by atoms with Crippen LogP contribution in [0.25, 0.3) is 0 Å². The quantitative estimate of drug-likeness (QED) is 0.624. The summed E-state index contributed by atoms with van der Waals surface area (Å²) in [6.45, 7) is 2.23. The Kier molecular flexibility index (Phi) is 5.70. The van der Waals surface area contributed by atoms with Gasteiger partial charge in [0.05, 0.1) is 13.7 Å². The third kappa shape index (κ3) is 4.45. The van der Waals surface area contributed by atoms with Gasteiger partial charge >= 0.3 is 11.9 Å². The number of esters is 1. The largest absolute Gasteiger partial charge is 0.497 e. The lowest BCUT2D eigenvalue weighted by Crippen LogP contribution is -2.33. The first-order valence-electron chi connectivity index (χ1n) is 5.75. The van der Waals surface area contributed by atoms with Crippen LogP contribution in [0.4, 0.5) is 0 Å². The first-order valence-corrected chi connectivity index (χ1v) is 5.75. The third-order valence-electron chi connectivity index (χ3n) is 2.29. The number of benzene rings is 1. The van der Waals surface area contributed by atoms with Crippen molar-refractivity contribution in [3.8, 4) is 5.75 Å². The van der Waals surface area contributed by atoms with Crippen LogP contribution in [0.5, 0.6) is 5.75 Å². The maximum absolute atomic E-state index is 11.2. The molecule has 0 saturated carbocycles. The van der Waals surface area contributed by atoms with Gasteiger partial charge in [0.1, 0.15) is 5.75 Å². The van der Waals surface area contributed by atoms with Crippen molar-refractivity contribution in [2.75, 3.05) is 20.3 Å². The first kappa shape index (κ1) is 14.0. The summed E-state index contributed by atoms with van der Waals surface area (Å²) >= 11 is 0. The zero-order chi connectivity index (χ0) is 13.4. The zero-order valence-corrected chi connectivity index (χ0v) is 10.6. The summed E-state index contributed by atoms with van der Waals surface area (Å²) in [6, 6.07) is 7.54. The van der Waals surface area contributed by atoms with E-state index < -0.39 is 11.9 Å². The second kappa shape index (κ2) is 7.32. The normalized spacial score (nSPS) is 9.67. The lowest BCUT2D eigenvalue weighted by atomic mass is 10.1. The molecule has 5 heteroatoms. The maximum Gasteiger partial charge on any atom is 0.396 e. The second-order valence-corrected chi connectivity index (χ2v) is 3.58. The van der Waals surface area contributed by atoms with E-state index in [9.17, 15) is 9.59 Å². The van der Waals surface area contributed by atoms with E-state index in [1.54, 1.807) is 14.0 Å². The van der Waals surface area contributed by atoms with Crippen LogP contribution >= 0.6 is 0 Å². The molecule has 1 aromatic rings. The monoisotopic (exact) mass is 251 g/mol. The van der Waals surface area contributed by atoms with Crippen LogP contribution in [0.2, 0.25) is 0 Å². The number of nitrogens with one attached hydrogen (secondary N) is 1. The van der Waals surface area contributed by atoms with E-state index in [2.05, 4.69) is 10.1 Å². The number of hydrogen-bond acceptors (Lipinski definition) is 4. The van der Waals surface area contributed by atoms with Crippen molar-refractivity contribution in [1.82, 2.24) is 5.32 Å². The molecule has 0 aromatic heterocycles. The Bertz CT molecular complexity index is 417. The topological polar surface area (TPSA) is 64.6 Å². The lowest BCUT2D eigenvalue weighted by Gasteiger charge is -2.06. The first-order chi connectivity index (χ1) is 8.67. The van der Waals surface area contributed by atoms with Gasteiger partial charge in [-0.2, -0.15) is 0 Å². The van der Waals surface area contributed by atoms with Crippen LogP contribution in [0.15, 0.2) is 24.3 Å². The fourth-order valence-corrected chi connectivity index (χ4v) is 1.42. The number of amides is 1. The van der Waals surface area contributed by atoms with E-state index in [4.69, 9.17) is 4.74 Å². The molecule has 5 nitrogen and oxygen atoms in total. The van der Waals surface area contributed by atoms with Gasteiger partial charge in [-0.15, -0.1) is 0 Å². The minimum atomic E-state index is -0.844. The van der Waals surface area contributed by atoms with Gasteiger partial charge in [-0.1, -0.05) is 12.1 Å². The van der Waals surface area contributed by atoms with Gasteiger partial charge in [-0.25, -0.2) is 4.79 Å². The average Bonchev–Trinajstić information content (AvgIpc) is 2.39. The Balaban J connectivity index is 2.37. The predicted octanol–water partition coefficient (Wildman–Crippen LogP) is 0.917. The second-order valence-electron chi connectivity index (χ2n) is 3.58. The Hall–Kier alpha value is -2.04. The van der Waals surface area contributed by atoms with Gasteiger partial charge in [0, 0.05) is 6.54 Å². The van der Waals surface area contributed by atoms with Crippen molar-refractivity contribution in [3.05, 3.63) is 29.8 Å². The van der Waals surface area contributed by atoms with Crippen LogP contribution in [0.3, 0.4) is 0 Å². The Morgan fingerprint density at radius 1 is 1.33 bits per heavy atom. The third-order valence-corrected chi connectivity index (χ3v) is 2.29. The number of methoxy groups -OCH3 is 1. The standard InChI is InChI=1S/C13H17NO4/c1-3-18-13(16)12(15)14-8-7-10-5-4-6-11(9-10)17-2/h4-6,9H,3,7-8H2,1-2H3,(H,14,15). The molecule has 0 aliphatic rings. The van der Waals surface area contributed by atoms with Crippen LogP contribution in [-0.2, 0) is 20.7 Å². The van der Waals surface area contributed by atoms with Crippen molar-refractivity contribution in [1.29, 1.82) is 0 Å². The van der Waals surface area contributed by atoms with Gasteiger partial charge < -0.3 is 14.8 Å². The molecule has 1 rings (SSSR count). The number of hydrogen-bond donors (Lipinski definition) is 1. The molecule has 18 heavy (non-hydrogen) atoms. The Morgan fingerprint density at radius 2 is 2.11 bits per heavy atom. The van der Waals surface area contributed by atoms with Crippen LogP contribution in [0.1, 0.15) is 12.5 Å². The summed E-state index contributed by atoms with van der Waals surface area (Å²) in [5, 5.41) is 2.50. The van der Waals surface area contributed by atoms with Gasteiger partial charge in [0.2, 0.25) is 0 Å². The number of rotatable bonds is 5. The predicted molar refractivity (Wildman–Crippen MR) is 66.3 cm³/mol. The molecule has 0 aliphatic carbocycles. The van der Waals surface area contributed by atoms with Crippen molar-refractivity contribution in [2.45, 2.75) is 13.3 Å². The van der Waals surface area contributed by atoms with Gasteiger partial charge in [0.25, 0.3) is 0 Å². The Labute approximate surface area is 106 Å². The smallest absolute Gasteiger partial charge is 0.396 e. The van der Waals surface area contributed by atoms with Crippen LogP contribution < -0.4 is 10.1 Å². The molecule has 0 spiro atoms. The molecule has 1 amide bonds. The fourth-order valence-electron chi connectivity index (χ4n) is 1.42. The van der Waals surface area contributed by atoms with Crippen molar-refractivity contribution in [2.24, 2.45) is 0 Å². The van der Waals surface area contributed by atoms with E-state index >= 15 is 0 Å². The summed E-state index contributed by atoms with van der Waals surface area (Å²) in [5.41, 5.74) is 1.03. The molecule has 0 bridgehead atoms. The number of carbonyl (C=O) groups is 2. The van der Waals surface area contributed by atoms with Gasteiger partial charge in [-0.05, 0) is 31.0 Å². The molecule has 98 valence electrons. The minimum Gasteiger partial charge on any atom is -0.497 e. The van der Waals surface area contributed by atoms with Gasteiger partial charge in [0.15, 0.2) is 0 Å². The summed E-state index contributed by atoms with van der Waals surface area (Å²) < 4.78 is 9.66. The number of ether oxygens (including phenoxy) is 2. The highest BCUT2D eigenvalue weighted by Gasteiger charge is 2.13. The fraction of sp³-hybridized carbons (Fsp3) is 0.385. The molecule has 0 atom stereocenters. The molecule has 0 unspecified atom stereocenters. The molecule has 0 heterocycles. The maximum atomic E-state index is 11.2. The molecular formula is C13H17NO4. The molecule has 1 N–H and O–H groups in total. The highest BCUT2D eigenvalue weighted by atomic mass is 16.5. The van der Waals surface area contributed by atoms with Crippen LogP contribution in [-0.4, -0.2) is 32.1 Å². The summed E-state index contributed by atoms with van der Waals surface area (Å²) in [4.78, 5) is 22.3. The SMILES string of the molecule is CCOC(=O)C(=O)NCCc1cccc(OC)c1. The van der Waals surface area contributed by atoms with Crippen molar-refractivity contribution < 1.29 is 19.1 Å². The van der Waals surface area contributed by atoms with E-state index in [1.165, 1.54) is 0 Å². The van der Waals surface area contributed by atoms with E-state index in [1.807, 2.05) is 24.3 Å². The Morgan fingerprint density at radius 3 is 2.78 bits per heavy atom. The van der Waals surface area contributed by atoms with Crippen LogP contribution in [0, 0.1) is 0 Å². The lowest BCUT2D eigenvalue weighted by molar-refractivity contribution is -0.154. The van der Waals surface area contributed by atoms with E-state index in [0.29, 0.717) is 13.0 Å². The summed E-state index contributed by atoms with van der Waals surface area (Å²) in [7, 11) is 1.60.